The summed E-state index contributed by atoms with van der Waals surface area (Å²) in [6.07, 6.45) is 4.11. The van der Waals surface area contributed by atoms with Crippen molar-refractivity contribution < 1.29 is 19.1 Å². The van der Waals surface area contributed by atoms with Gasteiger partial charge in [0.2, 0.25) is 5.91 Å². The maximum Gasteiger partial charge on any atom is 0.252 e. The average molecular weight is 472 g/mol. The molecule has 4 rings (SSSR count). The second kappa shape index (κ2) is 11.3. The Labute approximate surface area is 204 Å². The normalized spacial score (nSPS) is 13.3. The third-order valence-corrected chi connectivity index (χ3v) is 6.11. The monoisotopic (exact) mass is 471 g/mol. The number of rotatable bonds is 9. The molecule has 1 saturated carbocycles. The Kier molecular flexibility index (Phi) is 7.77. The third-order valence-electron chi connectivity index (χ3n) is 6.11. The van der Waals surface area contributed by atoms with Gasteiger partial charge in [-0.15, -0.1) is 0 Å². The Balaban J connectivity index is 1.33. The smallest absolute Gasteiger partial charge is 0.252 e. The molecule has 0 saturated heterocycles. The molecule has 4 N–H and O–H groups in total. The van der Waals surface area contributed by atoms with E-state index in [1.165, 1.54) is 0 Å². The van der Waals surface area contributed by atoms with Crippen LogP contribution in [0.1, 0.15) is 57.5 Å². The van der Waals surface area contributed by atoms with Gasteiger partial charge in [0.1, 0.15) is 12.4 Å². The first-order valence-electron chi connectivity index (χ1n) is 11.8. The summed E-state index contributed by atoms with van der Waals surface area (Å²) in [7, 11) is 0. The van der Waals surface area contributed by atoms with Crippen molar-refractivity contribution in [2.45, 2.75) is 38.8 Å². The third kappa shape index (κ3) is 6.47. The molecule has 0 aliphatic heterocycles. The fraction of sp³-hybridized carbons (Fsp3) is 0.250. The van der Waals surface area contributed by atoms with Crippen molar-refractivity contribution in [1.82, 2.24) is 5.32 Å². The van der Waals surface area contributed by atoms with E-state index < -0.39 is 5.91 Å². The van der Waals surface area contributed by atoms with Gasteiger partial charge in [-0.05, 0) is 60.4 Å². The lowest BCUT2D eigenvalue weighted by molar-refractivity contribution is -0.119. The van der Waals surface area contributed by atoms with Crippen molar-refractivity contribution in [3.05, 3.63) is 95.1 Å². The van der Waals surface area contributed by atoms with E-state index in [0.29, 0.717) is 23.4 Å². The number of carbonyl (C=O) groups is 3. The van der Waals surface area contributed by atoms with Gasteiger partial charge in [-0.2, -0.15) is 0 Å². The van der Waals surface area contributed by atoms with Gasteiger partial charge in [0.05, 0.1) is 5.56 Å². The van der Waals surface area contributed by atoms with Crippen molar-refractivity contribution in [3.8, 4) is 5.75 Å². The maximum absolute atomic E-state index is 12.7. The van der Waals surface area contributed by atoms with Crippen molar-refractivity contribution in [1.29, 1.82) is 0 Å². The standard InChI is InChI=1S/C28H29N3O4/c29-26(32)24-13-3-4-14-25(24)35-18-20-8-5-11-22(15-20)27(33)30-17-19-7-6-12-23(16-19)31-28(34)21-9-1-2-10-21/h3-8,11-16,21H,1-2,9-10,17-18H2,(H2,29,32)(H,30,33)(H,31,34). The van der Waals surface area contributed by atoms with E-state index >= 15 is 0 Å². The van der Waals surface area contributed by atoms with Crippen LogP contribution in [-0.2, 0) is 17.9 Å². The molecule has 35 heavy (non-hydrogen) atoms. The molecule has 1 fully saturated rings. The average Bonchev–Trinajstić information content (AvgIpc) is 3.42. The summed E-state index contributed by atoms with van der Waals surface area (Å²) in [5.74, 6) is -0.213. The number of amides is 3. The van der Waals surface area contributed by atoms with Gasteiger partial charge in [-0.3, -0.25) is 14.4 Å². The van der Waals surface area contributed by atoms with Gasteiger partial charge in [0, 0.05) is 23.7 Å². The summed E-state index contributed by atoms with van der Waals surface area (Å²) in [6, 6.07) is 21.4. The zero-order chi connectivity index (χ0) is 24.6. The van der Waals surface area contributed by atoms with Crippen LogP contribution in [0.3, 0.4) is 0 Å². The SMILES string of the molecule is NC(=O)c1ccccc1OCc1cccc(C(=O)NCc2cccc(NC(=O)C3CCCC3)c2)c1. The fourth-order valence-corrected chi connectivity index (χ4v) is 4.24. The summed E-state index contributed by atoms with van der Waals surface area (Å²) in [5, 5.41) is 5.92. The Morgan fingerprint density at radius 1 is 0.886 bits per heavy atom. The molecule has 0 bridgehead atoms. The summed E-state index contributed by atoms with van der Waals surface area (Å²) >= 11 is 0. The predicted octanol–water partition coefficient (Wildman–Crippen LogP) is 4.42. The number of primary amides is 1. The first-order chi connectivity index (χ1) is 17.0. The Morgan fingerprint density at radius 2 is 1.63 bits per heavy atom. The second-order valence-electron chi connectivity index (χ2n) is 8.70. The first kappa shape index (κ1) is 24.0. The number of hydrogen-bond donors (Lipinski definition) is 3. The fourth-order valence-electron chi connectivity index (χ4n) is 4.24. The molecule has 1 aliphatic rings. The molecule has 0 atom stereocenters. The molecule has 7 nitrogen and oxygen atoms in total. The number of benzene rings is 3. The molecular weight excluding hydrogens is 442 g/mol. The summed E-state index contributed by atoms with van der Waals surface area (Å²) in [5.41, 5.74) is 8.63. The highest BCUT2D eigenvalue weighted by Gasteiger charge is 2.22. The highest BCUT2D eigenvalue weighted by atomic mass is 16.5. The molecule has 0 radical (unpaired) electrons. The van der Waals surface area contributed by atoms with Crippen molar-refractivity contribution in [3.63, 3.8) is 0 Å². The highest BCUT2D eigenvalue weighted by molar-refractivity contribution is 5.96. The predicted molar refractivity (Wildman–Crippen MR) is 134 cm³/mol. The Morgan fingerprint density at radius 3 is 2.43 bits per heavy atom. The quantitative estimate of drug-likeness (QED) is 0.429. The zero-order valence-corrected chi connectivity index (χ0v) is 19.5. The number of anilines is 1. The molecule has 3 aromatic rings. The van der Waals surface area contributed by atoms with E-state index in [2.05, 4.69) is 10.6 Å². The van der Waals surface area contributed by atoms with Crippen LogP contribution in [0, 0.1) is 5.92 Å². The molecular formula is C28H29N3O4. The Hall–Kier alpha value is -4.13. The topological polar surface area (TPSA) is 111 Å². The maximum atomic E-state index is 12.7. The molecule has 0 spiro atoms. The minimum atomic E-state index is -0.559. The lowest BCUT2D eigenvalue weighted by Crippen LogP contribution is -2.23. The van der Waals surface area contributed by atoms with E-state index in [1.807, 2.05) is 30.3 Å². The van der Waals surface area contributed by atoms with Gasteiger partial charge in [0.25, 0.3) is 11.8 Å². The van der Waals surface area contributed by atoms with Crippen molar-refractivity contribution in [2.75, 3.05) is 5.32 Å². The number of nitrogens with two attached hydrogens (primary N) is 1. The van der Waals surface area contributed by atoms with Crippen LogP contribution in [0.2, 0.25) is 0 Å². The van der Waals surface area contributed by atoms with E-state index in [-0.39, 0.29) is 24.3 Å². The summed E-state index contributed by atoms with van der Waals surface area (Å²) < 4.78 is 5.76. The molecule has 0 heterocycles. The van der Waals surface area contributed by atoms with Crippen LogP contribution in [0.5, 0.6) is 5.75 Å². The molecule has 7 heteroatoms. The summed E-state index contributed by atoms with van der Waals surface area (Å²) in [4.78, 5) is 36.7. The van der Waals surface area contributed by atoms with Gasteiger partial charge < -0.3 is 21.1 Å². The minimum Gasteiger partial charge on any atom is -0.488 e. The van der Waals surface area contributed by atoms with E-state index in [1.54, 1.807) is 42.5 Å². The van der Waals surface area contributed by atoms with Gasteiger partial charge in [-0.25, -0.2) is 0 Å². The number of carbonyl (C=O) groups excluding carboxylic acids is 3. The van der Waals surface area contributed by atoms with E-state index in [0.717, 1.165) is 42.5 Å². The highest BCUT2D eigenvalue weighted by Crippen LogP contribution is 2.26. The van der Waals surface area contributed by atoms with Crippen LogP contribution in [-0.4, -0.2) is 17.7 Å². The van der Waals surface area contributed by atoms with E-state index in [4.69, 9.17) is 10.5 Å². The number of hydrogen-bond acceptors (Lipinski definition) is 4. The number of ether oxygens (including phenoxy) is 1. The van der Waals surface area contributed by atoms with Crippen LogP contribution < -0.4 is 21.1 Å². The van der Waals surface area contributed by atoms with Gasteiger partial charge in [0.15, 0.2) is 0 Å². The molecule has 180 valence electrons. The first-order valence-corrected chi connectivity index (χ1v) is 11.8. The lowest BCUT2D eigenvalue weighted by atomic mass is 10.1. The van der Waals surface area contributed by atoms with Crippen LogP contribution in [0.4, 0.5) is 5.69 Å². The Bertz CT molecular complexity index is 1220. The molecule has 1 aliphatic carbocycles. The minimum absolute atomic E-state index is 0.0705. The van der Waals surface area contributed by atoms with Crippen molar-refractivity contribution >= 4 is 23.4 Å². The molecule has 3 amide bonds. The summed E-state index contributed by atoms with van der Waals surface area (Å²) in [6.45, 7) is 0.521. The van der Waals surface area contributed by atoms with E-state index in [9.17, 15) is 14.4 Å². The van der Waals surface area contributed by atoms with Crippen LogP contribution >= 0.6 is 0 Å². The molecule has 3 aromatic carbocycles. The zero-order valence-electron chi connectivity index (χ0n) is 19.5. The molecule has 0 unspecified atom stereocenters. The van der Waals surface area contributed by atoms with Gasteiger partial charge in [-0.1, -0.05) is 49.2 Å². The number of para-hydroxylation sites is 1. The lowest BCUT2D eigenvalue weighted by Gasteiger charge is -2.12. The second-order valence-corrected chi connectivity index (χ2v) is 8.70. The molecule has 0 aromatic heterocycles. The number of nitrogens with one attached hydrogen (secondary N) is 2. The van der Waals surface area contributed by atoms with Crippen LogP contribution in [0.25, 0.3) is 0 Å². The van der Waals surface area contributed by atoms with Gasteiger partial charge >= 0.3 is 0 Å². The van der Waals surface area contributed by atoms with Crippen molar-refractivity contribution in [2.24, 2.45) is 11.7 Å². The van der Waals surface area contributed by atoms with Crippen LogP contribution in [0.15, 0.2) is 72.8 Å². The largest absolute Gasteiger partial charge is 0.488 e.